The van der Waals surface area contributed by atoms with E-state index in [9.17, 15) is 14.9 Å². The topological polar surface area (TPSA) is 90.1 Å². The molecule has 2 rings (SSSR count). The van der Waals surface area contributed by atoms with E-state index in [0.717, 1.165) is 0 Å². The Morgan fingerprint density at radius 2 is 2.44 bits per heavy atom. The van der Waals surface area contributed by atoms with Gasteiger partial charge in [0.05, 0.1) is 4.92 Å². The van der Waals surface area contributed by atoms with E-state index >= 15 is 0 Å². The number of carbonyl (C=O) groups excluding carboxylic acids is 1. The molecule has 0 aromatic carbocycles. The van der Waals surface area contributed by atoms with Crippen molar-refractivity contribution >= 4 is 11.6 Å². The maximum atomic E-state index is 11.3. The second-order valence-corrected chi connectivity index (χ2v) is 3.84. The molecule has 1 aromatic rings. The van der Waals surface area contributed by atoms with E-state index in [1.165, 1.54) is 10.9 Å². The third kappa shape index (κ3) is 1.75. The molecule has 1 atom stereocenters. The monoisotopic (exact) mass is 224 g/mol. The van der Waals surface area contributed by atoms with E-state index in [2.05, 4.69) is 10.4 Å². The highest BCUT2D eigenvalue weighted by molar-refractivity contribution is 5.77. The molecule has 7 heteroatoms. The summed E-state index contributed by atoms with van der Waals surface area (Å²) in [5.74, 6) is -0.173. The molecular weight excluding hydrogens is 212 g/mol. The lowest BCUT2D eigenvalue weighted by Crippen LogP contribution is -2.33. The molecular formula is C9H12N4O3. The average Bonchev–Trinajstić information content (AvgIpc) is 2.60. The summed E-state index contributed by atoms with van der Waals surface area (Å²) in [5.41, 5.74) is 0.544. The largest absolute Gasteiger partial charge is 0.356 e. The fourth-order valence-electron chi connectivity index (χ4n) is 2.07. The maximum absolute atomic E-state index is 11.3. The van der Waals surface area contributed by atoms with Gasteiger partial charge >= 0.3 is 5.69 Å². The number of piperidine rings is 1. The lowest BCUT2D eigenvalue weighted by atomic mass is 9.93. The maximum Gasteiger partial charge on any atom is 0.310 e. The minimum Gasteiger partial charge on any atom is -0.356 e. The van der Waals surface area contributed by atoms with Crippen LogP contribution in [0.4, 0.5) is 5.69 Å². The first-order valence-corrected chi connectivity index (χ1v) is 5.02. The molecule has 16 heavy (non-hydrogen) atoms. The summed E-state index contributed by atoms with van der Waals surface area (Å²) in [6.45, 7) is 0.561. The van der Waals surface area contributed by atoms with Crippen molar-refractivity contribution in [2.24, 2.45) is 7.05 Å². The van der Waals surface area contributed by atoms with Gasteiger partial charge in [0.25, 0.3) is 0 Å². The van der Waals surface area contributed by atoms with Crippen LogP contribution in [0.25, 0.3) is 0 Å². The van der Waals surface area contributed by atoms with Crippen LogP contribution in [0.15, 0.2) is 6.20 Å². The number of nitro groups is 1. The minimum absolute atomic E-state index is 0.00204. The lowest BCUT2D eigenvalue weighted by molar-refractivity contribution is -0.385. The molecule has 1 saturated heterocycles. The van der Waals surface area contributed by atoms with Crippen LogP contribution in [0.2, 0.25) is 0 Å². The zero-order chi connectivity index (χ0) is 11.7. The highest BCUT2D eigenvalue weighted by Gasteiger charge is 2.30. The third-order valence-corrected chi connectivity index (χ3v) is 2.79. The fourth-order valence-corrected chi connectivity index (χ4v) is 2.07. The molecule has 1 N–H and O–H groups in total. The first kappa shape index (κ1) is 10.6. The van der Waals surface area contributed by atoms with Crippen LogP contribution in [0.1, 0.15) is 24.5 Å². The van der Waals surface area contributed by atoms with E-state index < -0.39 is 4.92 Å². The minimum atomic E-state index is -0.450. The normalized spacial score (nSPS) is 20.6. The van der Waals surface area contributed by atoms with Gasteiger partial charge in [-0.2, -0.15) is 5.10 Å². The summed E-state index contributed by atoms with van der Waals surface area (Å²) in [5, 5.41) is 17.4. The van der Waals surface area contributed by atoms with Crippen LogP contribution >= 0.6 is 0 Å². The zero-order valence-corrected chi connectivity index (χ0v) is 8.84. The SMILES string of the molecule is Cn1ncc([N+](=O)[O-])c1C1CCNC(=O)C1. The Hall–Kier alpha value is -1.92. The van der Waals surface area contributed by atoms with Crippen LogP contribution in [0, 0.1) is 10.1 Å². The number of nitrogens with one attached hydrogen (secondary N) is 1. The summed E-state index contributed by atoms with van der Waals surface area (Å²) < 4.78 is 1.49. The first-order chi connectivity index (χ1) is 7.59. The molecule has 86 valence electrons. The predicted octanol–water partition coefficient (Wildman–Crippen LogP) is 0.322. The predicted molar refractivity (Wildman–Crippen MR) is 54.8 cm³/mol. The number of rotatable bonds is 2. The Labute approximate surface area is 91.6 Å². The van der Waals surface area contributed by atoms with Gasteiger partial charge in [-0.1, -0.05) is 0 Å². The number of carbonyl (C=O) groups is 1. The standard InChI is InChI=1S/C9H12N4O3/c1-12-9(7(5-11-12)13(15)16)6-2-3-10-8(14)4-6/h5-6H,2-4H2,1H3,(H,10,14). The molecule has 7 nitrogen and oxygen atoms in total. The zero-order valence-electron chi connectivity index (χ0n) is 8.84. The Bertz CT molecular complexity index is 440. The molecule has 0 aliphatic carbocycles. The van der Waals surface area contributed by atoms with Crippen LogP contribution in [0.5, 0.6) is 0 Å². The van der Waals surface area contributed by atoms with Crippen molar-refractivity contribution in [1.29, 1.82) is 0 Å². The number of hydrogen-bond donors (Lipinski definition) is 1. The Balaban J connectivity index is 2.34. The van der Waals surface area contributed by atoms with Crippen molar-refractivity contribution in [3.8, 4) is 0 Å². The molecule has 1 amide bonds. The van der Waals surface area contributed by atoms with E-state index in [1.54, 1.807) is 7.05 Å². The quantitative estimate of drug-likeness (QED) is 0.578. The Morgan fingerprint density at radius 3 is 3.06 bits per heavy atom. The van der Waals surface area contributed by atoms with Crippen molar-refractivity contribution in [3.05, 3.63) is 22.0 Å². The summed E-state index contributed by atoms with van der Waals surface area (Å²) in [4.78, 5) is 21.6. The van der Waals surface area contributed by atoms with E-state index in [0.29, 0.717) is 25.1 Å². The van der Waals surface area contributed by atoms with Gasteiger partial charge < -0.3 is 5.32 Å². The smallest absolute Gasteiger partial charge is 0.310 e. The van der Waals surface area contributed by atoms with Crippen molar-refractivity contribution in [2.75, 3.05) is 6.54 Å². The molecule has 0 radical (unpaired) electrons. The number of nitrogens with zero attached hydrogens (tertiary/aromatic N) is 3. The average molecular weight is 224 g/mol. The number of hydrogen-bond acceptors (Lipinski definition) is 4. The van der Waals surface area contributed by atoms with Crippen molar-refractivity contribution < 1.29 is 9.72 Å². The highest BCUT2D eigenvalue weighted by atomic mass is 16.6. The molecule has 0 saturated carbocycles. The number of amides is 1. The summed E-state index contributed by atoms with van der Waals surface area (Å²) in [7, 11) is 1.66. The Morgan fingerprint density at radius 1 is 1.69 bits per heavy atom. The molecule has 1 aliphatic heterocycles. The summed E-state index contributed by atoms with van der Waals surface area (Å²) in [6, 6.07) is 0. The molecule has 0 spiro atoms. The molecule has 0 bridgehead atoms. The number of aromatic nitrogens is 2. The molecule has 1 aromatic heterocycles. The van der Waals surface area contributed by atoms with Crippen LogP contribution in [-0.2, 0) is 11.8 Å². The molecule has 2 heterocycles. The lowest BCUT2D eigenvalue weighted by Gasteiger charge is -2.21. The van der Waals surface area contributed by atoms with Crippen LogP contribution in [0.3, 0.4) is 0 Å². The van der Waals surface area contributed by atoms with E-state index in [4.69, 9.17) is 0 Å². The third-order valence-electron chi connectivity index (χ3n) is 2.79. The van der Waals surface area contributed by atoms with Crippen LogP contribution < -0.4 is 5.32 Å². The summed E-state index contributed by atoms with van der Waals surface area (Å²) >= 11 is 0. The van der Waals surface area contributed by atoms with Gasteiger partial charge in [0.1, 0.15) is 11.9 Å². The van der Waals surface area contributed by atoms with Crippen molar-refractivity contribution in [2.45, 2.75) is 18.8 Å². The van der Waals surface area contributed by atoms with Gasteiger partial charge in [-0.15, -0.1) is 0 Å². The van der Waals surface area contributed by atoms with Crippen molar-refractivity contribution in [1.82, 2.24) is 15.1 Å². The second-order valence-electron chi connectivity index (χ2n) is 3.84. The highest BCUT2D eigenvalue weighted by Crippen LogP contribution is 2.31. The van der Waals surface area contributed by atoms with Gasteiger partial charge in [-0.3, -0.25) is 19.6 Å². The summed E-state index contributed by atoms with van der Waals surface area (Å²) in [6.07, 6.45) is 2.24. The van der Waals surface area contributed by atoms with Gasteiger partial charge in [0.15, 0.2) is 0 Å². The number of aryl methyl sites for hydroxylation is 1. The van der Waals surface area contributed by atoms with Gasteiger partial charge in [-0.25, -0.2) is 0 Å². The van der Waals surface area contributed by atoms with Gasteiger partial charge in [0, 0.05) is 25.9 Å². The molecule has 1 unspecified atom stereocenters. The molecule has 1 aliphatic rings. The fraction of sp³-hybridized carbons (Fsp3) is 0.556. The first-order valence-electron chi connectivity index (χ1n) is 5.02. The van der Waals surface area contributed by atoms with Gasteiger partial charge in [0.2, 0.25) is 5.91 Å². The Kier molecular flexibility index (Phi) is 2.59. The van der Waals surface area contributed by atoms with Crippen molar-refractivity contribution in [3.63, 3.8) is 0 Å². The van der Waals surface area contributed by atoms with Gasteiger partial charge in [-0.05, 0) is 6.42 Å². The van der Waals surface area contributed by atoms with Crippen LogP contribution in [-0.4, -0.2) is 27.2 Å². The second kappa shape index (κ2) is 3.92. The van der Waals surface area contributed by atoms with E-state index in [1.807, 2.05) is 0 Å². The molecule has 1 fully saturated rings. The van der Waals surface area contributed by atoms with E-state index in [-0.39, 0.29) is 17.5 Å².